The molecule has 1 atom stereocenters. The van der Waals surface area contributed by atoms with Gasteiger partial charge in [-0.2, -0.15) is 0 Å². The van der Waals surface area contributed by atoms with Gasteiger partial charge in [0.2, 0.25) is 5.43 Å². The van der Waals surface area contributed by atoms with Gasteiger partial charge in [-0.1, -0.05) is 29.8 Å². The zero-order valence-corrected chi connectivity index (χ0v) is 21.0. The number of carbonyl (C=O) groups excluding carboxylic acids is 2. The van der Waals surface area contributed by atoms with Crippen LogP contribution in [0.2, 0.25) is 5.02 Å². The molecular formula is C28H21ClO9. The quantitative estimate of drug-likeness (QED) is 0.273. The molecule has 2 heterocycles. The summed E-state index contributed by atoms with van der Waals surface area (Å²) in [5, 5.41) is 11.2. The van der Waals surface area contributed by atoms with Crippen molar-refractivity contribution in [2.45, 2.75) is 12.3 Å². The monoisotopic (exact) mass is 536 g/mol. The summed E-state index contributed by atoms with van der Waals surface area (Å²) in [4.78, 5) is 37.5. The van der Waals surface area contributed by atoms with Crippen LogP contribution in [-0.4, -0.2) is 37.9 Å². The van der Waals surface area contributed by atoms with Gasteiger partial charge in [-0.15, -0.1) is 0 Å². The molecule has 38 heavy (non-hydrogen) atoms. The van der Waals surface area contributed by atoms with Crippen LogP contribution in [0.5, 0.6) is 23.0 Å². The molecule has 0 amide bonds. The van der Waals surface area contributed by atoms with Gasteiger partial charge in [-0.05, 0) is 35.4 Å². The van der Waals surface area contributed by atoms with E-state index in [1.54, 1.807) is 42.5 Å². The minimum atomic E-state index is -0.595. The Labute approximate surface area is 221 Å². The van der Waals surface area contributed by atoms with Crippen molar-refractivity contribution in [3.8, 4) is 34.1 Å². The van der Waals surface area contributed by atoms with E-state index in [9.17, 15) is 19.5 Å². The average molecular weight is 537 g/mol. The highest BCUT2D eigenvalue weighted by Crippen LogP contribution is 2.46. The van der Waals surface area contributed by atoms with Crippen LogP contribution in [0, 0.1) is 0 Å². The van der Waals surface area contributed by atoms with Crippen LogP contribution in [-0.2, 0) is 14.3 Å². The fourth-order valence-electron chi connectivity index (χ4n) is 4.46. The first-order chi connectivity index (χ1) is 18.3. The molecule has 0 bridgehead atoms. The first-order valence-electron chi connectivity index (χ1n) is 11.5. The summed E-state index contributed by atoms with van der Waals surface area (Å²) in [7, 11) is 2.70. The fraction of sp³-hybridized carbons (Fsp3) is 0.179. The Bertz CT molecular complexity index is 1620. The number of aromatic hydroxyl groups is 1. The molecule has 0 unspecified atom stereocenters. The lowest BCUT2D eigenvalue weighted by atomic mass is 9.84. The molecule has 4 aromatic rings. The largest absolute Gasteiger partial charge is 0.507 e. The van der Waals surface area contributed by atoms with Gasteiger partial charge in [0.15, 0.2) is 18.1 Å². The van der Waals surface area contributed by atoms with Crippen molar-refractivity contribution in [2.24, 2.45) is 0 Å². The Morgan fingerprint density at radius 1 is 1.08 bits per heavy atom. The highest BCUT2D eigenvalue weighted by Gasteiger charge is 2.34. The Morgan fingerprint density at radius 3 is 2.55 bits per heavy atom. The number of phenolic OH excluding ortho intramolecular Hbond substituents is 1. The Hall–Kier alpha value is -4.50. The maximum Gasteiger partial charge on any atom is 0.343 e. The predicted octanol–water partition coefficient (Wildman–Crippen LogP) is 4.82. The van der Waals surface area contributed by atoms with E-state index >= 15 is 0 Å². The number of hydrogen-bond donors (Lipinski definition) is 1. The minimum absolute atomic E-state index is 0.0378. The molecule has 0 saturated carbocycles. The number of hydrogen-bond acceptors (Lipinski definition) is 9. The lowest BCUT2D eigenvalue weighted by molar-refractivity contribution is -0.143. The third-order valence-corrected chi connectivity index (χ3v) is 6.54. The highest BCUT2D eigenvalue weighted by atomic mass is 35.5. The second-order valence-electron chi connectivity index (χ2n) is 8.50. The summed E-state index contributed by atoms with van der Waals surface area (Å²) in [5.41, 5.74) is 1.53. The Kier molecular flexibility index (Phi) is 6.69. The van der Waals surface area contributed by atoms with Crippen molar-refractivity contribution < 1.29 is 38.1 Å². The first kappa shape index (κ1) is 25.2. The summed E-state index contributed by atoms with van der Waals surface area (Å²) >= 11 is 5.97. The first-order valence-corrected chi connectivity index (χ1v) is 11.8. The van der Waals surface area contributed by atoms with Crippen molar-refractivity contribution in [1.82, 2.24) is 0 Å². The van der Waals surface area contributed by atoms with Crippen LogP contribution in [0.15, 0.2) is 64.0 Å². The second kappa shape index (κ2) is 10.1. The summed E-state index contributed by atoms with van der Waals surface area (Å²) in [5.74, 6) is -1.34. The maximum absolute atomic E-state index is 13.5. The van der Waals surface area contributed by atoms with Crippen LogP contribution >= 0.6 is 11.6 Å². The number of carbonyl (C=O) groups is 2. The molecule has 1 aliphatic heterocycles. The smallest absolute Gasteiger partial charge is 0.343 e. The molecular weight excluding hydrogens is 516 g/mol. The SMILES string of the molecule is COC(=O)COc1ccc([C@@H]2CC(=O)Oc3cc(O)c4c(=O)c(-c5ccc(Cl)cc5)coc4c32)cc1OC. The van der Waals surface area contributed by atoms with Crippen molar-refractivity contribution >= 4 is 34.5 Å². The van der Waals surface area contributed by atoms with E-state index in [4.69, 9.17) is 30.2 Å². The van der Waals surface area contributed by atoms with E-state index in [-0.39, 0.29) is 41.1 Å². The topological polar surface area (TPSA) is 122 Å². The van der Waals surface area contributed by atoms with Gasteiger partial charge in [0, 0.05) is 22.6 Å². The number of esters is 2. The van der Waals surface area contributed by atoms with Crippen LogP contribution in [0.3, 0.4) is 0 Å². The molecule has 0 saturated heterocycles. The molecule has 0 fully saturated rings. The van der Waals surface area contributed by atoms with Gasteiger partial charge in [-0.25, -0.2) is 4.79 Å². The van der Waals surface area contributed by atoms with E-state index in [0.717, 1.165) is 0 Å². The molecule has 0 spiro atoms. The lowest BCUT2D eigenvalue weighted by Gasteiger charge is -2.26. The summed E-state index contributed by atoms with van der Waals surface area (Å²) < 4.78 is 26.9. The molecule has 10 heteroatoms. The van der Waals surface area contributed by atoms with Gasteiger partial charge in [0.1, 0.15) is 28.7 Å². The highest BCUT2D eigenvalue weighted by molar-refractivity contribution is 6.30. The number of ether oxygens (including phenoxy) is 4. The zero-order chi connectivity index (χ0) is 27.0. The molecule has 0 aliphatic carbocycles. The van der Waals surface area contributed by atoms with Crippen LogP contribution in [0.25, 0.3) is 22.1 Å². The van der Waals surface area contributed by atoms with E-state index in [1.165, 1.54) is 26.5 Å². The van der Waals surface area contributed by atoms with Gasteiger partial charge >= 0.3 is 11.9 Å². The van der Waals surface area contributed by atoms with E-state index in [1.807, 2.05) is 0 Å². The standard InChI is InChI=1S/C28H21ClO9/c1-34-21-9-15(5-8-20(21)36-13-24(32)35-2)17-10-23(31)38-22-11-19(30)26-27(33)18(12-37-28(26)25(17)22)14-3-6-16(29)7-4-14/h3-9,11-12,17,30H,10,13H2,1-2H3/t17-/m0/s1. The molecule has 1 N–H and O–H groups in total. The van der Waals surface area contributed by atoms with Gasteiger partial charge in [-0.3, -0.25) is 9.59 Å². The minimum Gasteiger partial charge on any atom is -0.507 e. The molecule has 1 aliphatic rings. The van der Waals surface area contributed by atoms with Crippen LogP contribution < -0.4 is 19.6 Å². The number of rotatable bonds is 6. The lowest BCUT2D eigenvalue weighted by Crippen LogP contribution is -2.22. The number of benzene rings is 3. The number of halogens is 1. The van der Waals surface area contributed by atoms with Gasteiger partial charge in [0.25, 0.3) is 0 Å². The molecule has 0 radical (unpaired) electrons. The van der Waals surface area contributed by atoms with Crippen molar-refractivity contribution in [3.05, 3.63) is 81.2 Å². The van der Waals surface area contributed by atoms with Crippen molar-refractivity contribution in [2.75, 3.05) is 20.8 Å². The van der Waals surface area contributed by atoms with Crippen molar-refractivity contribution in [3.63, 3.8) is 0 Å². The van der Waals surface area contributed by atoms with Gasteiger partial charge in [0.05, 0.1) is 26.2 Å². The number of fused-ring (bicyclic) bond motifs is 3. The maximum atomic E-state index is 13.5. The molecule has 194 valence electrons. The van der Waals surface area contributed by atoms with Gasteiger partial charge < -0.3 is 28.5 Å². The molecule has 3 aromatic carbocycles. The molecule has 5 rings (SSSR count). The number of phenols is 1. The Balaban J connectivity index is 1.64. The zero-order valence-electron chi connectivity index (χ0n) is 20.3. The third-order valence-electron chi connectivity index (χ3n) is 6.29. The van der Waals surface area contributed by atoms with E-state index < -0.39 is 23.3 Å². The van der Waals surface area contributed by atoms with E-state index in [0.29, 0.717) is 33.2 Å². The third kappa shape index (κ3) is 4.52. The predicted molar refractivity (Wildman–Crippen MR) is 137 cm³/mol. The summed E-state index contributed by atoms with van der Waals surface area (Å²) in [6.45, 7) is -0.310. The molecule has 9 nitrogen and oxygen atoms in total. The van der Waals surface area contributed by atoms with Crippen LogP contribution in [0.4, 0.5) is 0 Å². The van der Waals surface area contributed by atoms with E-state index in [2.05, 4.69) is 4.74 Å². The van der Waals surface area contributed by atoms with Crippen molar-refractivity contribution in [1.29, 1.82) is 0 Å². The Morgan fingerprint density at radius 2 is 1.84 bits per heavy atom. The summed E-state index contributed by atoms with van der Waals surface area (Å²) in [6, 6.07) is 12.9. The second-order valence-corrected chi connectivity index (χ2v) is 8.94. The number of methoxy groups -OCH3 is 2. The average Bonchev–Trinajstić information content (AvgIpc) is 2.91. The normalized spacial score (nSPS) is 14.5. The fourth-order valence-corrected chi connectivity index (χ4v) is 4.59. The van der Waals surface area contributed by atoms with Crippen LogP contribution in [0.1, 0.15) is 23.5 Å². The summed E-state index contributed by atoms with van der Waals surface area (Å²) in [6.07, 6.45) is 1.26. The molecule has 1 aromatic heterocycles.